The SMILES string of the molecule is CCPc1ccccc1.[CH2-]CC(C)CC.[Sm]. The third-order valence-electron chi connectivity index (χ3n) is 2.34. The standard InChI is InChI=1S/C8H11P.C6H13.Sm/c1-2-9-8-6-4-3-5-7-8;1-4-6(3)5-2;/h3-7,9H,2H2,1H3;6H,1,4-5H2,2-3H3;/q;-1;. The molecule has 1 aromatic carbocycles. The molecule has 2 heteroatoms. The van der Waals surface area contributed by atoms with Crippen LogP contribution in [-0.2, 0) is 0 Å². The quantitative estimate of drug-likeness (QED) is 0.546. The van der Waals surface area contributed by atoms with Crippen LogP contribution >= 0.6 is 8.58 Å². The molecule has 0 amide bonds. The Kier molecular flexibility index (Phi) is 17.0. The van der Waals surface area contributed by atoms with E-state index in [1.54, 1.807) is 0 Å². The molecule has 0 aliphatic heterocycles. The second-order valence-electron chi connectivity index (χ2n) is 3.70. The first-order valence-corrected chi connectivity index (χ1v) is 7.03. The van der Waals surface area contributed by atoms with Gasteiger partial charge in [0, 0.05) is 40.4 Å². The van der Waals surface area contributed by atoms with Crippen LogP contribution in [-0.4, -0.2) is 6.16 Å². The molecule has 0 heterocycles. The molecule has 0 fully saturated rings. The number of hydrogen-bond acceptors (Lipinski definition) is 0. The van der Waals surface area contributed by atoms with Crippen LogP contribution in [0.4, 0.5) is 0 Å². The van der Waals surface area contributed by atoms with Crippen molar-refractivity contribution in [2.75, 3.05) is 6.16 Å². The third kappa shape index (κ3) is 11.5. The molecule has 2 unspecified atom stereocenters. The molecule has 0 bridgehead atoms. The van der Waals surface area contributed by atoms with Crippen LogP contribution in [0.25, 0.3) is 0 Å². The van der Waals surface area contributed by atoms with Gasteiger partial charge in [0.25, 0.3) is 0 Å². The molecule has 0 spiro atoms. The summed E-state index contributed by atoms with van der Waals surface area (Å²) in [7, 11) is 0.987. The Bertz CT molecular complexity index is 219. The van der Waals surface area contributed by atoms with Crippen molar-refractivity contribution in [2.45, 2.75) is 33.6 Å². The number of hydrogen-bond donors (Lipinski definition) is 0. The summed E-state index contributed by atoms with van der Waals surface area (Å²) in [5, 5.41) is 1.47. The minimum absolute atomic E-state index is 0. The summed E-state index contributed by atoms with van der Waals surface area (Å²) < 4.78 is 0. The third-order valence-corrected chi connectivity index (χ3v) is 3.44. The second-order valence-corrected chi connectivity index (χ2v) is 5.34. The summed E-state index contributed by atoms with van der Waals surface area (Å²) in [6.45, 7) is 10.4. The molecule has 0 radical (unpaired) electrons. The van der Waals surface area contributed by atoms with Gasteiger partial charge in [-0.15, -0.1) is 0 Å². The van der Waals surface area contributed by atoms with Crippen LogP contribution in [0.1, 0.15) is 33.6 Å². The van der Waals surface area contributed by atoms with E-state index < -0.39 is 0 Å². The van der Waals surface area contributed by atoms with Crippen LogP contribution in [0.15, 0.2) is 30.3 Å². The monoisotopic (exact) mass is 375 g/mol. The van der Waals surface area contributed by atoms with E-state index in [0.717, 1.165) is 20.9 Å². The van der Waals surface area contributed by atoms with Gasteiger partial charge in [0.05, 0.1) is 0 Å². The summed E-state index contributed by atoms with van der Waals surface area (Å²) in [5.41, 5.74) is 0. The van der Waals surface area contributed by atoms with Crippen molar-refractivity contribution in [1.29, 1.82) is 0 Å². The van der Waals surface area contributed by atoms with Gasteiger partial charge in [-0.05, 0) is 11.5 Å². The van der Waals surface area contributed by atoms with E-state index in [4.69, 9.17) is 0 Å². The Morgan fingerprint density at radius 2 is 1.75 bits per heavy atom. The molecular weight excluding hydrogens is 349 g/mol. The van der Waals surface area contributed by atoms with E-state index in [9.17, 15) is 0 Å². The first-order chi connectivity index (χ1) is 7.24. The van der Waals surface area contributed by atoms with E-state index >= 15 is 0 Å². The van der Waals surface area contributed by atoms with E-state index in [1.807, 2.05) is 0 Å². The van der Waals surface area contributed by atoms with Gasteiger partial charge in [-0.2, -0.15) is 6.42 Å². The van der Waals surface area contributed by atoms with Gasteiger partial charge in [-0.3, -0.25) is 0 Å². The van der Waals surface area contributed by atoms with Gasteiger partial charge in [0.2, 0.25) is 0 Å². The van der Waals surface area contributed by atoms with Crippen molar-refractivity contribution in [2.24, 2.45) is 5.92 Å². The minimum atomic E-state index is 0. The van der Waals surface area contributed by atoms with Crippen molar-refractivity contribution < 1.29 is 40.4 Å². The van der Waals surface area contributed by atoms with E-state index in [0.29, 0.717) is 0 Å². The van der Waals surface area contributed by atoms with Gasteiger partial charge in [0.1, 0.15) is 0 Å². The van der Waals surface area contributed by atoms with Crippen molar-refractivity contribution in [1.82, 2.24) is 0 Å². The van der Waals surface area contributed by atoms with E-state index in [2.05, 4.69) is 58.0 Å². The Balaban J connectivity index is 0. The molecule has 0 nitrogen and oxygen atoms in total. The van der Waals surface area contributed by atoms with Crippen LogP contribution in [0, 0.1) is 53.2 Å². The average Bonchev–Trinajstić information content (AvgIpc) is 2.31. The fourth-order valence-electron chi connectivity index (χ4n) is 0.964. The maximum atomic E-state index is 3.76. The molecule has 16 heavy (non-hydrogen) atoms. The topological polar surface area (TPSA) is 0 Å². The zero-order valence-electron chi connectivity index (χ0n) is 10.7. The number of rotatable bonds is 4. The first-order valence-electron chi connectivity index (χ1n) is 5.82. The fourth-order valence-corrected chi connectivity index (χ4v) is 1.80. The molecule has 2 atom stereocenters. The van der Waals surface area contributed by atoms with E-state index in [-0.39, 0.29) is 40.4 Å². The predicted molar refractivity (Wildman–Crippen MR) is 74.4 cm³/mol. The smallest absolute Gasteiger partial charge is 0 e. The molecular formula is C14H24PSm-. The number of benzene rings is 1. The zero-order chi connectivity index (χ0) is 11.5. The van der Waals surface area contributed by atoms with Gasteiger partial charge in [0.15, 0.2) is 0 Å². The molecule has 0 N–H and O–H groups in total. The summed E-state index contributed by atoms with van der Waals surface area (Å²) in [5.74, 6) is 0.824. The molecule has 0 saturated carbocycles. The predicted octanol–water partition coefficient (Wildman–Crippen LogP) is 4.27. The summed E-state index contributed by atoms with van der Waals surface area (Å²) in [6, 6.07) is 10.6. The molecule has 92 valence electrons. The van der Waals surface area contributed by atoms with Crippen LogP contribution in [0.3, 0.4) is 0 Å². The van der Waals surface area contributed by atoms with E-state index in [1.165, 1.54) is 17.9 Å². The van der Waals surface area contributed by atoms with Gasteiger partial charge < -0.3 is 6.92 Å². The van der Waals surface area contributed by atoms with Gasteiger partial charge in [-0.1, -0.05) is 72.0 Å². The minimum Gasteiger partial charge on any atom is -0.343 e. The summed E-state index contributed by atoms with van der Waals surface area (Å²) in [6.07, 6.45) is 3.62. The molecule has 0 aliphatic carbocycles. The molecule has 0 aromatic heterocycles. The Morgan fingerprint density at radius 3 is 2.06 bits per heavy atom. The first kappa shape index (κ1) is 19.3. The zero-order valence-corrected chi connectivity index (χ0v) is 14.3. The van der Waals surface area contributed by atoms with Crippen molar-refractivity contribution in [3.05, 3.63) is 37.3 Å². The molecule has 0 aliphatic rings. The van der Waals surface area contributed by atoms with Gasteiger partial charge >= 0.3 is 0 Å². The fraction of sp³-hybridized carbons (Fsp3) is 0.500. The normalized spacial score (nSPS) is 11.5. The average molecular weight is 374 g/mol. The molecule has 1 aromatic rings. The maximum absolute atomic E-state index is 3.76. The summed E-state index contributed by atoms with van der Waals surface area (Å²) >= 11 is 0. The maximum Gasteiger partial charge on any atom is 0 e. The van der Waals surface area contributed by atoms with Crippen molar-refractivity contribution in [3.8, 4) is 0 Å². The van der Waals surface area contributed by atoms with Crippen molar-refractivity contribution in [3.63, 3.8) is 0 Å². The largest absolute Gasteiger partial charge is 0.343 e. The Labute approximate surface area is 136 Å². The summed E-state index contributed by atoms with van der Waals surface area (Å²) in [4.78, 5) is 0. The van der Waals surface area contributed by atoms with Crippen LogP contribution in [0.5, 0.6) is 0 Å². The second kappa shape index (κ2) is 14.1. The van der Waals surface area contributed by atoms with Gasteiger partial charge in [-0.25, -0.2) is 0 Å². The van der Waals surface area contributed by atoms with Crippen LogP contribution < -0.4 is 5.30 Å². The molecule has 0 saturated heterocycles. The molecule has 1 rings (SSSR count). The Morgan fingerprint density at radius 1 is 1.19 bits per heavy atom. The van der Waals surface area contributed by atoms with Crippen LogP contribution in [0.2, 0.25) is 0 Å². The van der Waals surface area contributed by atoms with Crippen molar-refractivity contribution >= 4 is 13.9 Å². The Hall–Kier alpha value is 0.988.